The lowest BCUT2D eigenvalue weighted by atomic mass is 10.1. The highest BCUT2D eigenvalue weighted by Gasteiger charge is 2.25. The smallest absolute Gasteiger partial charge is 0.172 e. The van der Waals surface area contributed by atoms with E-state index >= 15 is 0 Å². The number of fused-ring (bicyclic) bond motifs is 1. The molecule has 0 bridgehead atoms. The van der Waals surface area contributed by atoms with Crippen LogP contribution in [0.4, 0.5) is 10.2 Å². The Morgan fingerprint density at radius 3 is 2.89 bits per heavy atom. The molecule has 0 fully saturated rings. The van der Waals surface area contributed by atoms with Gasteiger partial charge < -0.3 is 15.2 Å². The van der Waals surface area contributed by atoms with E-state index < -0.39 is 5.82 Å². The van der Waals surface area contributed by atoms with Crippen LogP contribution in [0.1, 0.15) is 0 Å². The third kappa shape index (κ3) is 1.57. The number of aromatic nitrogens is 2. The van der Waals surface area contributed by atoms with Crippen LogP contribution in [0.3, 0.4) is 0 Å². The van der Waals surface area contributed by atoms with E-state index in [9.17, 15) is 4.39 Å². The summed E-state index contributed by atoms with van der Waals surface area (Å²) in [4.78, 5) is 0. The second-order valence-corrected chi connectivity index (χ2v) is 4.18. The summed E-state index contributed by atoms with van der Waals surface area (Å²) in [7, 11) is 0. The van der Waals surface area contributed by atoms with Gasteiger partial charge in [0.15, 0.2) is 17.3 Å². The van der Waals surface area contributed by atoms with Gasteiger partial charge in [-0.25, -0.2) is 4.39 Å². The molecule has 2 aromatic rings. The van der Waals surface area contributed by atoms with Crippen molar-refractivity contribution in [3.05, 3.63) is 23.1 Å². The number of benzene rings is 1. The van der Waals surface area contributed by atoms with Crippen molar-refractivity contribution in [2.75, 3.05) is 18.9 Å². The van der Waals surface area contributed by atoms with Crippen LogP contribution in [0.25, 0.3) is 11.1 Å². The molecule has 0 aliphatic carbocycles. The summed E-state index contributed by atoms with van der Waals surface area (Å²) >= 11 is 5.84. The second kappa shape index (κ2) is 4.06. The van der Waals surface area contributed by atoms with Crippen molar-refractivity contribution in [3.8, 4) is 22.6 Å². The molecule has 18 heavy (non-hydrogen) atoms. The molecule has 0 atom stereocenters. The van der Waals surface area contributed by atoms with Gasteiger partial charge in [-0.3, -0.25) is 5.10 Å². The maximum absolute atomic E-state index is 14.2. The molecule has 0 unspecified atom stereocenters. The molecular weight excluding hydrogens is 261 g/mol. The van der Waals surface area contributed by atoms with Gasteiger partial charge in [-0.15, -0.1) is 0 Å². The molecule has 0 amide bonds. The molecule has 94 valence electrons. The van der Waals surface area contributed by atoms with Crippen molar-refractivity contribution >= 4 is 17.4 Å². The lowest BCUT2D eigenvalue weighted by Gasteiger charge is -2.21. The predicted molar refractivity (Wildman–Crippen MR) is 64.4 cm³/mol. The Hall–Kier alpha value is -1.95. The first kappa shape index (κ1) is 11.2. The van der Waals surface area contributed by atoms with Gasteiger partial charge >= 0.3 is 0 Å². The van der Waals surface area contributed by atoms with Crippen molar-refractivity contribution in [1.82, 2.24) is 10.2 Å². The molecule has 2 heterocycles. The molecular formula is C11H9ClFN3O2. The van der Waals surface area contributed by atoms with E-state index in [-0.39, 0.29) is 16.4 Å². The van der Waals surface area contributed by atoms with Gasteiger partial charge in [0.05, 0.1) is 22.3 Å². The van der Waals surface area contributed by atoms with Crippen LogP contribution in [-0.4, -0.2) is 23.4 Å². The van der Waals surface area contributed by atoms with Gasteiger partial charge in [-0.05, 0) is 0 Å². The van der Waals surface area contributed by atoms with Crippen molar-refractivity contribution in [1.29, 1.82) is 0 Å². The molecule has 1 aromatic carbocycles. The summed E-state index contributed by atoms with van der Waals surface area (Å²) in [5.74, 6) is 0.348. The fraction of sp³-hybridized carbons (Fsp3) is 0.182. The highest BCUT2D eigenvalue weighted by molar-refractivity contribution is 6.31. The largest absolute Gasteiger partial charge is 0.486 e. The van der Waals surface area contributed by atoms with E-state index in [4.69, 9.17) is 26.8 Å². The molecule has 0 saturated heterocycles. The maximum atomic E-state index is 14.2. The lowest BCUT2D eigenvalue weighted by molar-refractivity contribution is 0.171. The number of nitrogens with one attached hydrogen (secondary N) is 1. The molecule has 0 saturated carbocycles. The minimum Gasteiger partial charge on any atom is -0.486 e. The Morgan fingerprint density at radius 2 is 2.17 bits per heavy atom. The molecule has 1 aliphatic rings. The van der Waals surface area contributed by atoms with Crippen LogP contribution in [-0.2, 0) is 0 Å². The van der Waals surface area contributed by atoms with Gasteiger partial charge in [-0.1, -0.05) is 11.6 Å². The first-order valence-corrected chi connectivity index (χ1v) is 5.63. The standard InChI is InChI=1S/C11H9ClFN3O2/c12-6-3-7-10(18-2-1-17-7)8(9(6)13)5-4-15-16-11(5)14/h3-4H,1-2H2,(H3,14,15,16). The van der Waals surface area contributed by atoms with Crippen LogP contribution in [0.5, 0.6) is 11.5 Å². The number of nitrogens with two attached hydrogens (primary N) is 1. The van der Waals surface area contributed by atoms with Gasteiger partial charge in [0.1, 0.15) is 19.0 Å². The first-order chi connectivity index (χ1) is 8.68. The zero-order valence-electron chi connectivity index (χ0n) is 9.17. The van der Waals surface area contributed by atoms with E-state index in [1.54, 1.807) is 0 Å². The third-order valence-electron chi connectivity index (χ3n) is 2.66. The molecule has 5 nitrogen and oxygen atoms in total. The van der Waals surface area contributed by atoms with Gasteiger partial charge in [0, 0.05) is 6.07 Å². The SMILES string of the molecule is Nc1[nH]ncc1-c1c(F)c(Cl)cc2c1OCCO2. The summed E-state index contributed by atoms with van der Waals surface area (Å²) in [5.41, 5.74) is 6.27. The number of aromatic amines is 1. The molecule has 1 aromatic heterocycles. The number of nitrogens with zero attached hydrogens (tertiary/aromatic N) is 1. The fourth-order valence-corrected chi connectivity index (χ4v) is 2.06. The van der Waals surface area contributed by atoms with E-state index in [0.29, 0.717) is 30.3 Å². The van der Waals surface area contributed by atoms with E-state index in [2.05, 4.69) is 10.2 Å². The fourth-order valence-electron chi connectivity index (χ4n) is 1.87. The van der Waals surface area contributed by atoms with Crippen LogP contribution in [0.15, 0.2) is 12.3 Å². The van der Waals surface area contributed by atoms with Crippen LogP contribution in [0.2, 0.25) is 5.02 Å². The number of nitrogen functional groups attached to an aromatic ring is 1. The first-order valence-electron chi connectivity index (χ1n) is 5.25. The number of halogens is 2. The van der Waals surface area contributed by atoms with Crippen LogP contribution in [0, 0.1) is 5.82 Å². The molecule has 3 rings (SSSR count). The topological polar surface area (TPSA) is 73.2 Å². The zero-order chi connectivity index (χ0) is 12.7. The van der Waals surface area contributed by atoms with E-state index in [1.165, 1.54) is 12.3 Å². The summed E-state index contributed by atoms with van der Waals surface area (Å²) in [5, 5.41) is 6.26. The average Bonchev–Trinajstić information content (AvgIpc) is 2.77. The van der Waals surface area contributed by atoms with Gasteiger partial charge in [-0.2, -0.15) is 5.10 Å². The number of rotatable bonds is 1. The summed E-state index contributed by atoms with van der Waals surface area (Å²) in [6, 6.07) is 1.39. The second-order valence-electron chi connectivity index (χ2n) is 3.77. The Morgan fingerprint density at radius 1 is 1.39 bits per heavy atom. The molecule has 0 spiro atoms. The number of hydrogen-bond donors (Lipinski definition) is 2. The number of anilines is 1. The number of H-pyrrole nitrogens is 1. The number of ether oxygens (including phenoxy) is 2. The molecule has 0 radical (unpaired) electrons. The Kier molecular flexibility index (Phi) is 2.52. The quantitative estimate of drug-likeness (QED) is 0.833. The predicted octanol–water partition coefficient (Wildman–Crippen LogP) is 2.22. The minimum atomic E-state index is -0.603. The Labute approximate surface area is 107 Å². The molecule has 1 aliphatic heterocycles. The highest BCUT2D eigenvalue weighted by atomic mass is 35.5. The lowest BCUT2D eigenvalue weighted by Crippen LogP contribution is -2.16. The summed E-state index contributed by atoms with van der Waals surface area (Å²) in [6.45, 7) is 0.744. The maximum Gasteiger partial charge on any atom is 0.172 e. The Balaban J connectivity index is 2.30. The third-order valence-corrected chi connectivity index (χ3v) is 2.94. The summed E-state index contributed by atoms with van der Waals surface area (Å²) in [6.07, 6.45) is 1.42. The normalized spacial score (nSPS) is 13.7. The van der Waals surface area contributed by atoms with E-state index in [1.807, 2.05) is 0 Å². The van der Waals surface area contributed by atoms with Crippen LogP contribution < -0.4 is 15.2 Å². The van der Waals surface area contributed by atoms with Crippen molar-refractivity contribution < 1.29 is 13.9 Å². The van der Waals surface area contributed by atoms with Crippen molar-refractivity contribution in [2.24, 2.45) is 0 Å². The zero-order valence-corrected chi connectivity index (χ0v) is 9.92. The van der Waals surface area contributed by atoms with Crippen molar-refractivity contribution in [3.63, 3.8) is 0 Å². The van der Waals surface area contributed by atoms with Gasteiger partial charge in [0.2, 0.25) is 0 Å². The highest BCUT2D eigenvalue weighted by Crippen LogP contribution is 2.45. The van der Waals surface area contributed by atoms with Crippen LogP contribution >= 0.6 is 11.6 Å². The molecule has 7 heteroatoms. The van der Waals surface area contributed by atoms with E-state index in [0.717, 1.165) is 0 Å². The molecule has 3 N–H and O–H groups in total. The van der Waals surface area contributed by atoms with Crippen molar-refractivity contribution in [2.45, 2.75) is 0 Å². The number of hydrogen-bond acceptors (Lipinski definition) is 4. The van der Waals surface area contributed by atoms with Gasteiger partial charge in [0.25, 0.3) is 0 Å². The average molecular weight is 270 g/mol. The Bertz CT molecular complexity index is 615. The minimum absolute atomic E-state index is 0.0464. The summed E-state index contributed by atoms with van der Waals surface area (Å²) < 4.78 is 25.0. The monoisotopic (exact) mass is 269 g/mol.